The number of aliphatic carboxylic acids is 2. The van der Waals surface area contributed by atoms with Crippen LogP contribution in [0.1, 0.15) is 189 Å². The second kappa shape index (κ2) is 61.2. The minimum atomic E-state index is -2.15. The molecule has 45 heteroatoms. The third kappa shape index (κ3) is 40.4. The lowest BCUT2D eigenvalue weighted by Crippen LogP contribution is -2.62. The van der Waals surface area contributed by atoms with E-state index in [1.54, 1.807) is 90.1 Å². The first-order valence-corrected chi connectivity index (χ1v) is 51.0. The van der Waals surface area contributed by atoms with Gasteiger partial charge in [0.2, 0.25) is 100 Å². The maximum Gasteiger partial charge on any atom is 0.341 e. The molecule has 1 saturated carbocycles. The number of hydrogen-bond donors (Lipinski definition) is 22. The van der Waals surface area contributed by atoms with Crippen LogP contribution in [-0.2, 0) is 117 Å². The van der Waals surface area contributed by atoms with E-state index < -0.39 is 278 Å². The summed E-state index contributed by atoms with van der Waals surface area (Å²) in [7, 11) is 1.20. The molecule has 0 radical (unpaired) electrons. The Bertz CT molecular complexity index is 5390. The van der Waals surface area contributed by atoms with Crippen molar-refractivity contribution in [2.75, 3.05) is 44.8 Å². The molecular formula is C103H144N20O24S. The summed E-state index contributed by atoms with van der Waals surface area (Å²) in [6.07, 6.45) is -0.321. The van der Waals surface area contributed by atoms with E-state index in [1.807, 2.05) is 30.3 Å². The van der Waals surface area contributed by atoms with E-state index in [-0.39, 0.29) is 105 Å². The first-order chi connectivity index (χ1) is 70.4. The van der Waals surface area contributed by atoms with Crippen LogP contribution in [0.25, 0.3) is 11.1 Å². The lowest BCUT2D eigenvalue weighted by Gasteiger charge is -2.32. The highest BCUT2D eigenvalue weighted by Gasteiger charge is 2.42. The van der Waals surface area contributed by atoms with E-state index in [9.17, 15) is 72.9 Å². The van der Waals surface area contributed by atoms with Gasteiger partial charge in [-0.1, -0.05) is 188 Å². The number of primary amides is 2. The van der Waals surface area contributed by atoms with Gasteiger partial charge in [-0.05, 0) is 160 Å². The van der Waals surface area contributed by atoms with E-state index in [2.05, 4.69) is 74.4 Å². The number of aryl methyl sites for hydroxylation is 1. The van der Waals surface area contributed by atoms with Gasteiger partial charge in [0.15, 0.2) is 6.61 Å². The number of carboxylic acid groups (broad SMARTS) is 3. The van der Waals surface area contributed by atoms with Gasteiger partial charge in [-0.15, -0.1) is 11.8 Å². The topological polar surface area (TPSA) is 713 Å². The normalized spacial score (nSPS) is 22.9. The highest BCUT2D eigenvalue weighted by atomic mass is 32.2. The first kappa shape index (κ1) is 120. The molecule has 5 aromatic rings. The molecule has 17 amide bonds. The Morgan fingerprint density at radius 2 is 0.946 bits per heavy atom. The molecule has 44 nitrogen and oxygen atoms in total. The SMILES string of the molecule is CCCC[C@@H]1NC(=O)CSC[C@@H](C(=O)N[C@@H](CCN)C(N)=O)NC(=O)[C@H](CCCN)NC(=O)[C@H](C(C)C)NC(=O)[C@H](CC2CCCCC2)NC(=O)[C@H](CCN)NC(=O)[C@@H](CC(C)C)NC(=O)[C@H](C)N(C)C(=O)[C@H](CCC(N)=O)NC(=O)[C@H](Cc2ccc(-c3ccccc3)cc2)NC(=O)[C@H](Cc2ccc(C(=O)O)cc2)NC(=O)[C@H](Cc2cccc(C)c2)NC(=O)[C@H](CC(=O)O)NC(=O)[C@H](Cc2ccc(OCC(=O)O)cc2)NC1=O. The van der Waals surface area contributed by atoms with Gasteiger partial charge < -0.3 is 128 Å². The molecule has 5 aromatic carbocycles. The molecule has 2 aliphatic rings. The number of ether oxygens (including phenoxy) is 1. The number of nitrogens with zero attached hydrogens (tertiary/aromatic N) is 1. The van der Waals surface area contributed by atoms with Crippen LogP contribution >= 0.6 is 11.8 Å². The van der Waals surface area contributed by atoms with Crippen molar-refractivity contribution in [1.82, 2.24) is 79.3 Å². The van der Waals surface area contributed by atoms with Gasteiger partial charge in [-0.3, -0.25) is 86.3 Å². The number of nitrogens with one attached hydrogen (secondary N) is 14. The van der Waals surface area contributed by atoms with Gasteiger partial charge in [0.1, 0.15) is 96.4 Å². The van der Waals surface area contributed by atoms with E-state index in [0.29, 0.717) is 36.0 Å². The minimum Gasteiger partial charge on any atom is -0.482 e. The van der Waals surface area contributed by atoms with Crippen LogP contribution in [0, 0.1) is 24.7 Å². The Labute approximate surface area is 863 Å². The maximum absolute atomic E-state index is 15.8. The van der Waals surface area contributed by atoms with Gasteiger partial charge in [-0.2, -0.15) is 0 Å². The number of carbonyl (C=O) groups excluding carboxylic acids is 17. The van der Waals surface area contributed by atoms with E-state index in [1.165, 1.54) is 62.5 Å². The lowest BCUT2D eigenvalue weighted by molar-refractivity contribution is -0.143. The number of likely N-dealkylation sites (N-methyl/N-ethyl adjacent to an activating group) is 1. The fourth-order valence-electron chi connectivity index (χ4n) is 16.9. The lowest BCUT2D eigenvalue weighted by atomic mass is 9.84. The molecular weight excluding hydrogens is 1930 g/mol. The number of thioether (sulfide) groups is 1. The van der Waals surface area contributed by atoms with Gasteiger partial charge in [-0.25, -0.2) is 9.59 Å². The summed E-state index contributed by atoms with van der Waals surface area (Å²) in [4.78, 5) is 290. The molecule has 15 atom stereocenters. The van der Waals surface area contributed by atoms with Crippen LogP contribution in [0.2, 0.25) is 0 Å². The highest BCUT2D eigenvalue weighted by Crippen LogP contribution is 2.29. The van der Waals surface area contributed by atoms with Crippen molar-refractivity contribution in [3.63, 3.8) is 0 Å². The standard InChI is InChI=1S/C103H144N20O24S/c1-9-10-25-71-90(132)115-77(51-64-31-37-69(38-32-64)147-54-86(128)129)96(138)120-81(53-85(126)127)98(140)119-80(52-65-22-17-19-59(6)47-65)97(139)118-78(50-63-29-35-68(36-30-63)103(145)146)95(137)117-76(49-62-27-33-67(34-28-62)66-23-15-12-16-24-66)94(136)113-74(39-40-83(107)124)102(144)123(8)60(7)89(131)114-75(46-57(2)3)93(135)111-73(42-45-106)92(134)116-79(48-61-20-13-11-14-21-61)99(141)122-87(58(4)5)101(143)112-72(26-18-43-104)91(133)121-82(55-148-56-84(125)109-71)100(142)110-70(41-44-105)88(108)130/h12,15-17,19,22-24,27-38,47,57-58,60-61,70-82,87H,9-11,13-14,18,20-21,25-26,39-46,48-56,104-106H2,1-8H3,(H2,107,124)(H2,108,130)(H,109,125)(H,110,142)(H,111,135)(H,112,143)(H,113,136)(H,114,131)(H,115,132)(H,116,134)(H,117,137)(H,118,139)(H,119,140)(H,120,138)(H,121,133)(H,122,141)(H,126,127)(H,128,129)(H,145,146)/t60-,70-,71-,72-,73-,74-,75+,76-,77-,78-,79-,80-,81-,82-,87-/m0/s1. The molecule has 1 heterocycles. The van der Waals surface area contributed by atoms with Crippen LogP contribution in [-0.4, -0.2) is 274 Å². The Kier molecular flexibility index (Phi) is 49.8. The summed E-state index contributed by atoms with van der Waals surface area (Å²) in [5.74, 6) is -23.9. The molecule has 1 saturated heterocycles. The summed E-state index contributed by atoms with van der Waals surface area (Å²) in [6.45, 7) is 10.3. The number of carboxylic acids is 3. The fourth-order valence-corrected chi connectivity index (χ4v) is 17.7. The van der Waals surface area contributed by atoms with Crippen LogP contribution in [0.15, 0.2) is 127 Å². The predicted octanol–water partition coefficient (Wildman–Crippen LogP) is -0.000180. The van der Waals surface area contributed by atoms with Crippen molar-refractivity contribution in [2.45, 2.75) is 274 Å². The second-order valence-corrected chi connectivity index (χ2v) is 39.1. The zero-order valence-electron chi connectivity index (χ0n) is 84.8. The number of hydrogen-bond acceptors (Lipinski definition) is 25. The summed E-state index contributed by atoms with van der Waals surface area (Å²) >= 11 is 0.745. The molecule has 0 spiro atoms. The van der Waals surface area contributed by atoms with Crippen molar-refractivity contribution in [1.29, 1.82) is 0 Å². The third-order valence-corrected chi connectivity index (χ3v) is 26.3. The molecule has 0 aromatic heterocycles. The Morgan fingerprint density at radius 1 is 0.473 bits per heavy atom. The number of carbonyl (C=O) groups is 20. The maximum atomic E-state index is 15.8. The number of benzene rings is 5. The van der Waals surface area contributed by atoms with Gasteiger partial charge >= 0.3 is 17.9 Å². The van der Waals surface area contributed by atoms with Crippen LogP contribution in [0.4, 0.5) is 0 Å². The van der Waals surface area contributed by atoms with Crippen LogP contribution < -0.4 is 108 Å². The van der Waals surface area contributed by atoms with Gasteiger partial charge in [0.25, 0.3) is 0 Å². The molecule has 0 unspecified atom stereocenters. The predicted molar refractivity (Wildman–Crippen MR) is 548 cm³/mol. The fraction of sp³-hybridized carbons (Fsp3) is 0.515. The largest absolute Gasteiger partial charge is 0.482 e. The molecule has 27 N–H and O–H groups in total. The Hall–Kier alpha value is -14.5. The van der Waals surface area contributed by atoms with E-state index >= 15 is 38.4 Å². The highest BCUT2D eigenvalue weighted by molar-refractivity contribution is 8.00. The Balaban J connectivity index is 1.38. The van der Waals surface area contributed by atoms with Crippen molar-refractivity contribution in [3.8, 4) is 16.9 Å². The van der Waals surface area contributed by atoms with E-state index in [4.69, 9.17) is 33.4 Å². The van der Waals surface area contributed by atoms with E-state index in [0.717, 1.165) is 47.1 Å². The van der Waals surface area contributed by atoms with Crippen LogP contribution in [0.3, 0.4) is 0 Å². The average Bonchev–Trinajstić information content (AvgIpc) is 0.821. The van der Waals surface area contributed by atoms with Crippen molar-refractivity contribution in [3.05, 3.63) is 161 Å². The molecule has 0 bridgehead atoms. The minimum absolute atomic E-state index is 0.0268. The molecule has 1 aliphatic carbocycles. The summed E-state index contributed by atoms with van der Waals surface area (Å²) in [5, 5.41) is 67.0. The van der Waals surface area contributed by atoms with Gasteiger partial charge in [0, 0.05) is 44.9 Å². The van der Waals surface area contributed by atoms with Crippen molar-refractivity contribution >= 4 is 130 Å². The van der Waals surface area contributed by atoms with Crippen molar-refractivity contribution < 1.29 is 116 Å². The number of unbranched alkanes of at least 4 members (excludes halogenated alkanes) is 1. The van der Waals surface area contributed by atoms with Crippen LogP contribution in [0.5, 0.6) is 5.75 Å². The number of rotatable bonds is 36. The van der Waals surface area contributed by atoms with Gasteiger partial charge in [0.05, 0.1) is 17.7 Å². The second-order valence-electron chi connectivity index (χ2n) is 38.0. The zero-order valence-corrected chi connectivity index (χ0v) is 85.6. The molecule has 1 aliphatic heterocycles. The average molecular weight is 2080 g/mol. The summed E-state index contributed by atoms with van der Waals surface area (Å²) < 4.78 is 5.33. The number of amides is 17. The monoisotopic (exact) mass is 2080 g/mol. The van der Waals surface area contributed by atoms with Crippen molar-refractivity contribution in [2.24, 2.45) is 46.4 Å². The molecule has 148 heavy (non-hydrogen) atoms. The molecule has 2 fully saturated rings. The molecule has 806 valence electrons. The quantitative estimate of drug-likeness (QED) is 0.0251. The Morgan fingerprint density at radius 3 is 1.46 bits per heavy atom. The third-order valence-electron chi connectivity index (χ3n) is 25.2. The summed E-state index contributed by atoms with van der Waals surface area (Å²) in [5.41, 5.74) is 32.6. The number of nitrogens with two attached hydrogens (primary N) is 5. The number of aromatic carboxylic acids is 1. The first-order valence-electron chi connectivity index (χ1n) is 49.8. The zero-order chi connectivity index (χ0) is 109. The summed E-state index contributed by atoms with van der Waals surface area (Å²) in [6, 6.07) is 8.50. The molecule has 7 rings (SSSR count). The smallest absolute Gasteiger partial charge is 0.341 e.